The molecule has 1 heterocycles. The van der Waals surface area contributed by atoms with Gasteiger partial charge in [0.05, 0.1) is 12.2 Å². The van der Waals surface area contributed by atoms with Gasteiger partial charge in [0.2, 0.25) is 5.89 Å². The van der Waals surface area contributed by atoms with Gasteiger partial charge in [0.25, 0.3) is 0 Å². The Balaban J connectivity index is 1.91. The summed E-state index contributed by atoms with van der Waals surface area (Å²) in [5.74, 6) is 1.11. The van der Waals surface area contributed by atoms with Gasteiger partial charge in [0.1, 0.15) is 11.6 Å². The van der Waals surface area contributed by atoms with E-state index in [1.54, 1.807) is 13.0 Å². The van der Waals surface area contributed by atoms with Crippen molar-refractivity contribution in [2.45, 2.75) is 30.4 Å². The van der Waals surface area contributed by atoms with E-state index in [1.807, 2.05) is 6.07 Å². The van der Waals surface area contributed by atoms with Crippen LogP contribution in [-0.4, -0.2) is 15.9 Å². The molecule has 2 aromatic rings. The van der Waals surface area contributed by atoms with Crippen LogP contribution in [0.15, 0.2) is 33.7 Å². The maximum Gasteiger partial charge on any atom is 0.234 e. The first-order chi connectivity index (χ1) is 9.17. The van der Waals surface area contributed by atoms with Gasteiger partial charge in [-0.2, -0.15) is 4.98 Å². The first-order valence-corrected chi connectivity index (χ1v) is 6.87. The van der Waals surface area contributed by atoms with E-state index >= 15 is 0 Å². The average Bonchev–Trinajstić information content (AvgIpc) is 2.84. The molecule has 6 heteroatoms. The molecule has 19 heavy (non-hydrogen) atoms. The van der Waals surface area contributed by atoms with Crippen LogP contribution in [0.2, 0.25) is 0 Å². The topological polar surface area (TPSA) is 56.0 Å². The number of carbonyl (C=O) groups excluding carboxylic acids is 1. The largest absolute Gasteiger partial charge is 0.339 e. The number of aromatic nitrogens is 2. The predicted molar refractivity (Wildman–Crippen MR) is 69.3 cm³/mol. The molecule has 0 N–H and O–H groups in total. The van der Waals surface area contributed by atoms with Crippen LogP contribution in [-0.2, 0) is 17.0 Å². The maximum absolute atomic E-state index is 13.0. The second-order valence-corrected chi connectivity index (χ2v) is 4.97. The molecule has 2 rings (SSSR count). The fourth-order valence-corrected chi connectivity index (χ4v) is 2.20. The number of halogens is 1. The zero-order chi connectivity index (χ0) is 13.7. The van der Waals surface area contributed by atoms with Crippen molar-refractivity contribution >= 4 is 17.5 Å². The van der Waals surface area contributed by atoms with Crippen LogP contribution in [0, 0.1) is 5.82 Å². The summed E-state index contributed by atoms with van der Waals surface area (Å²) >= 11 is 1.42. The summed E-state index contributed by atoms with van der Waals surface area (Å²) in [5.41, 5.74) is 0. The SMILES string of the molecule is CCC(=O)Cc1nc(CSc2cccc(F)c2)no1. The Morgan fingerprint density at radius 2 is 2.32 bits per heavy atom. The van der Waals surface area contributed by atoms with Crippen molar-refractivity contribution in [2.24, 2.45) is 0 Å². The molecular formula is C13H13FN2O2S. The molecule has 0 radical (unpaired) electrons. The van der Waals surface area contributed by atoms with Crippen molar-refractivity contribution < 1.29 is 13.7 Å². The lowest BCUT2D eigenvalue weighted by molar-refractivity contribution is -0.118. The van der Waals surface area contributed by atoms with Crippen molar-refractivity contribution in [3.63, 3.8) is 0 Å². The molecule has 0 aliphatic heterocycles. The monoisotopic (exact) mass is 280 g/mol. The smallest absolute Gasteiger partial charge is 0.234 e. The Labute approximate surface area is 114 Å². The molecule has 0 saturated carbocycles. The van der Waals surface area contributed by atoms with Crippen LogP contribution >= 0.6 is 11.8 Å². The summed E-state index contributed by atoms with van der Waals surface area (Å²) in [4.78, 5) is 16.2. The first kappa shape index (κ1) is 13.7. The molecule has 4 nitrogen and oxygen atoms in total. The average molecular weight is 280 g/mol. The van der Waals surface area contributed by atoms with Gasteiger partial charge in [-0.15, -0.1) is 11.8 Å². The van der Waals surface area contributed by atoms with Gasteiger partial charge in [0, 0.05) is 11.3 Å². The first-order valence-electron chi connectivity index (χ1n) is 5.89. The van der Waals surface area contributed by atoms with Gasteiger partial charge in [-0.25, -0.2) is 4.39 Å². The van der Waals surface area contributed by atoms with E-state index in [1.165, 1.54) is 23.9 Å². The van der Waals surface area contributed by atoms with Gasteiger partial charge in [-0.1, -0.05) is 18.1 Å². The van der Waals surface area contributed by atoms with Crippen molar-refractivity contribution in [2.75, 3.05) is 0 Å². The Morgan fingerprint density at radius 1 is 1.47 bits per heavy atom. The van der Waals surface area contributed by atoms with E-state index in [-0.39, 0.29) is 18.0 Å². The number of nitrogens with zero attached hydrogens (tertiary/aromatic N) is 2. The minimum Gasteiger partial charge on any atom is -0.339 e. The minimum atomic E-state index is -0.271. The van der Waals surface area contributed by atoms with Crippen LogP contribution in [0.1, 0.15) is 25.1 Å². The number of Topliss-reactive ketones (excluding diaryl/α,β-unsaturated/α-hetero) is 1. The van der Waals surface area contributed by atoms with E-state index in [4.69, 9.17) is 4.52 Å². The van der Waals surface area contributed by atoms with E-state index < -0.39 is 0 Å². The van der Waals surface area contributed by atoms with Gasteiger partial charge in [-0.05, 0) is 18.2 Å². The lowest BCUT2D eigenvalue weighted by atomic mass is 10.2. The molecule has 0 unspecified atom stereocenters. The van der Waals surface area contributed by atoms with E-state index in [2.05, 4.69) is 10.1 Å². The summed E-state index contributed by atoms with van der Waals surface area (Å²) in [6.45, 7) is 1.79. The van der Waals surface area contributed by atoms with Crippen molar-refractivity contribution in [3.05, 3.63) is 41.8 Å². The molecular weight excluding hydrogens is 267 g/mol. The second kappa shape index (κ2) is 6.47. The highest BCUT2D eigenvalue weighted by Crippen LogP contribution is 2.22. The number of thioether (sulfide) groups is 1. The van der Waals surface area contributed by atoms with E-state index in [0.717, 1.165) is 4.90 Å². The molecule has 0 bridgehead atoms. The second-order valence-electron chi connectivity index (χ2n) is 3.92. The summed E-state index contributed by atoms with van der Waals surface area (Å²) in [6.07, 6.45) is 0.629. The van der Waals surface area contributed by atoms with Gasteiger partial charge in [0.15, 0.2) is 5.82 Å². The number of benzene rings is 1. The van der Waals surface area contributed by atoms with Crippen LogP contribution in [0.3, 0.4) is 0 Å². The molecule has 100 valence electrons. The quantitative estimate of drug-likeness (QED) is 0.761. The fourth-order valence-electron chi connectivity index (χ4n) is 1.42. The molecule has 0 fully saturated rings. The van der Waals surface area contributed by atoms with Crippen LogP contribution in [0.25, 0.3) is 0 Å². The Bertz CT molecular complexity index is 571. The summed E-state index contributed by atoms with van der Waals surface area (Å²) in [5, 5.41) is 3.79. The van der Waals surface area contributed by atoms with Gasteiger partial charge >= 0.3 is 0 Å². The summed E-state index contributed by atoms with van der Waals surface area (Å²) in [6, 6.07) is 6.31. The summed E-state index contributed by atoms with van der Waals surface area (Å²) in [7, 11) is 0. The molecule has 0 saturated heterocycles. The molecule has 1 aromatic heterocycles. The molecule has 0 amide bonds. The Morgan fingerprint density at radius 3 is 3.05 bits per heavy atom. The fraction of sp³-hybridized carbons (Fsp3) is 0.308. The standard InChI is InChI=1S/C13H13FN2O2S/c1-2-10(17)7-13-15-12(16-18-13)8-19-11-5-3-4-9(14)6-11/h3-6H,2,7-8H2,1H3. The third-order valence-corrected chi connectivity index (χ3v) is 3.41. The van der Waals surface area contributed by atoms with Gasteiger partial charge < -0.3 is 4.52 Å². The third-order valence-electron chi connectivity index (χ3n) is 2.42. The minimum absolute atomic E-state index is 0.0629. The lowest BCUT2D eigenvalue weighted by Crippen LogP contribution is -2.00. The zero-order valence-electron chi connectivity index (χ0n) is 10.4. The van der Waals surface area contributed by atoms with Crippen molar-refractivity contribution in [1.29, 1.82) is 0 Å². The number of hydrogen-bond acceptors (Lipinski definition) is 5. The van der Waals surface area contributed by atoms with Crippen molar-refractivity contribution in [3.8, 4) is 0 Å². The van der Waals surface area contributed by atoms with Crippen LogP contribution in [0.4, 0.5) is 4.39 Å². The molecule has 0 aliphatic rings. The van der Waals surface area contributed by atoms with E-state index in [9.17, 15) is 9.18 Å². The number of carbonyl (C=O) groups is 1. The number of ketones is 1. The molecule has 0 aliphatic carbocycles. The zero-order valence-corrected chi connectivity index (χ0v) is 11.2. The molecule has 0 spiro atoms. The van der Waals surface area contributed by atoms with Gasteiger partial charge in [-0.3, -0.25) is 4.79 Å². The number of hydrogen-bond donors (Lipinski definition) is 0. The predicted octanol–water partition coefficient (Wildman–Crippen LogP) is 3.02. The summed E-state index contributed by atoms with van der Waals surface area (Å²) < 4.78 is 18.0. The van der Waals surface area contributed by atoms with Crippen LogP contribution < -0.4 is 0 Å². The highest BCUT2D eigenvalue weighted by Gasteiger charge is 2.10. The Hall–Kier alpha value is -1.69. The maximum atomic E-state index is 13.0. The number of rotatable bonds is 6. The molecule has 1 aromatic carbocycles. The third kappa shape index (κ3) is 4.17. The van der Waals surface area contributed by atoms with E-state index in [0.29, 0.717) is 23.9 Å². The normalized spacial score (nSPS) is 10.6. The highest BCUT2D eigenvalue weighted by atomic mass is 32.2. The highest BCUT2D eigenvalue weighted by molar-refractivity contribution is 7.98. The van der Waals surface area contributed by atoms with Crippen molar-refractivity contribution in [1.82, 2.24) is 10.1 Å². The van der Waals surface area contributed by atoms with Crippen LogP contribution in [0.5, 0.6) is 0 Å². The molecule has 0 atom stereocenters. The Kier molecular flexibility index (Phi) is 4.68. The lowest BCUT2D eigenvalue weighted by Gasteiger charge is -1.97.